The van der Waals surface area contributed by atoms with Crippen LogP contribution in [0.3, 0.4) is 0 Å². The quantitative estimate of drug-likeness (QED) is 0.343. The zero-order valence-corrected chi connectivity index (χ0v) is 18.8. The number of fused-ring (bicyclic) bond motifs is 1. The highest BCUT2D eigenvalue weighted by Crippen LogP contribution is 2.30. The molecule has 0 spiro atoms. The van der Waals surface area contributed by atoms with Gasteiger partial charge >= 0.3 is 0 Å². The Labute approximate surface area is 190 Å². The number of hydrogen-bond acceptors (Lipinski definition) is 6. The third-order valence-electron chi connectivity index (χ3n) is 5.37. The maximum atomic E-state index is 12.9. The van der Waals surface area contributed by atoms with Crippen molar-refractivity contribution in [2.75, 3.05) is 13.1 Å². The van der Waals surface area contributed by atoms with Gasteiger partial charge in [0, 0.05) is 18.5 Å². The van der Waals surface area contributed by atoms with E-state index in [1.807, 2.05) is 35.7 Å². The van der Waals surface area contributed by atoms with Gasteiger partial charge in [0.1, 0.15) is 5.69 Å². The molecule has 164 valence electrons. The van der Waals surface area contributed by atoms with Crippen molar-refractivity contribution >= 4 is 49.3 Å². The monoisotopic (exact) mass is 507 g/mol. The fourth-order valence-corrected chi connectivity index (χ4v) is 5.20. The van der Waals surface area contributed by atoms with Gasteiger partial charge < -0.3 is 30.5 Å². The third-order valence-corrected chi connectivity index (χ3v) is 7.23. The van der Waals surface area contributed by atoms with Gasteiger partial charge in [0.05, 0.1) is 32.9 Å². The first kappa shape index (κ1) is 22.0. The van der Waals surface area contributed by atoms with Crippen molar-refractivity contribution in [1.29, 1.82) is 0 Å². The average molecular weight is 508 g/mol. The summed E-state index contributed by atoms with van der Waals surface area (Å²) >= 11 is 4.92. The molecule has 8 nitrogen and oxygen atoms in total. The number of amides is 2. The minimum Gasteiger partial charge on any atom is -0.388 e. The Morgan fingerprint density at radius 1 is 1.23 bits per heavy atom. The van der Waals surface area contributed by atoms with Gasteiger partial charge in [0.2, 0.25) is 0 Å². The number of aromatic amines is 1. The van der Waals surface area contributed by atoms with E-state index in [1.165, 1.54) is 16.2 Å². The standard InChI is InChI=1S/C21H22BrN3O5S/c22-12-10-31-17-7-14(23-18(12)17)20(29)24-13(6-11-4-2-1-3-5-11)19(28)21(30)25-8-15(26)16(27)9-25/h1-5,7,10,13,15-16,19,23,26-28H,6,8-9H2,(H,24,29)/t13-,15-,16+,19+/m0/s1. The van der Waals surface area contributed by atoms with Gasteiger partial charge in [-0.3, -0.25) is 9.59 Å². The second kappa shape index (κ2) is 9.09. The summed E-state index contributed by atoms with van der Waals surface area (Å²) in [7, 11) is 0. The molecule has 0 unspecified atom stereocenters. The fraction of sp³-hybridized carbons (Fsp3) is 0.333. The van der Waals surface area contributed by atoms with Crippen LogP contribution in [0.25, 0.3) is 10.2 Å². The topological polar surface area (TPSA) is 126 Å². The smallest absolute Gasteiger partial charge is 0.268 e. The molecule has 4 rings (SSSR count). The minimum absolute atomic E-state index is 0.0655. The molecule has 4 atom stereocenters. The van der Waals surface area contributed by atoms with Crippen LogP contribution in [-0.2, 0) is 11.2 Å². The van der Waals surface area contributed by atoms with Gasteiger partial charge in [-0.1, -0.05) is 30.3 Å². The summed E-state index contributed by atoms with van der Waals surface area (Å²) in [6, 6.07) is 10.1. The molecule has 1 fully saturated rings. The van der Waals surface area contributed by atoms with E-state index in [-0.39, 0.29) is 19.5 Å². The van der Waals surface area contributed by atoms with Gasteiger partial charge in [-0.25, -0.2) is 0 Å². The van der Waals surface area contributed by atoms with Gasteiger partial charge in [-0.15, -0.1) is 11.3 Å². The molecule has 1 saturated heterocycles. The lowest BCUT2D eigenvalue weighted by Crippen LogP contribution is -2.52. The van der Waals surface area contributed by atoms with E-state index in [1.54, 1.807) is 6.07 Å². The van der Waals surface area contributed by atoms with E-state index in [4.69, 9.17) is 0 Å². The molecule has 3 heterocycles. The van der Waals surface area contributed by atoms with Crippen LogP contribution < -0.4 is 5.32 Å². The first-order chi connectivity index (χ1) is 14.8. The molecule has 0 bridgehead atoms. The largest absolute Gasteiger partial charge is 0.388 e. The summed E-state index contributed by atoms with van der Waals surface area (Å²) in [4.78, 5) is 30.0. The minimum atomic E-state index is -1.54. The molecule has 1 aliphatic heterocycles. The van der Waals surface area contributed by atoms with Gasteiger partial charge in [0.15, 0.2) is 6.10 Å². The lowest BCUT2D eigenvalue weighted by atomic mass is 10.00. The van der Waals surface area contributed by atoms with Crippen molar-refractivity contribution in [3.05, 3.63) is 57.5 Å². The number of aliphatic hydroxyl groups excluding tert-OH is 3. The number of thiophene rings is 1. The van der Waals surface area contributed by atoms with Crippen LogP contribution in [0.5, 0.6) is 0 Å². The van der Waals surface area contributed by atoms with E-state index < -0.39 is 36.2 Å². The number of carbonyl (C=O) groups is 2. The predicted molar refractivity (Wildman–Crippen MR) is 120 cm³/mol. The number of H-pyrrole nitrogens is 1. The maximum absolute atomic E-state index is 12.9. The second-order valence-corrected chi connectivity index (χ2v) is 9.36. The number of likely N-dealkylation sites (tertiary alicyclic amines) is 1. The molecule has 1 aliphatic rings. The van der Waals surface area contributed by atoms with E-state index >= 15 is 0 Å². The molecule has 0 radical (unpaired) electrons. The number of carbonyl (C=O) groups excluding carboxylic acids is 2. The summed E-state index contributed by atoms with van der Waals surface area (Å²) in [5.74, 6) is -1.09. The van der Waals surface area contributed by atoms with Crippen LogP contribution in [-0.4, -0.2) is 74.5 Å². The Balaban J connectivity index is 1.54. The molecule has 5 N–H and O–H groups in total. The summed E-state index contributed by atoms with van der Waals surface area (Å²) < 4.78 is 1.77. The number of halogens is 1. The zero-order valence-electron chi connectivity index (χ0n) is 16.4. The van der Waals surface area contributed by atoms with Gasteiger partial charge in [0.25, 0.3) is 11.8 Å². The summed E-state index contributed by atoms with van der Waals surface area (Å²) in [5.41, 5.74) is 1.98. The normalized spacial score (nSPS) is 20.7. The van der Waals surface area contributed by atoms with Crippen LogP contribution in [0, 0.1) is 0 Å². The van der Waals surface area contributed by atoms with Crippen LogP contribution in [0.2, 0.25) is 0 Å². The second-order valence-electron chi connectivity index (χ2n) is 7.60. The number of benzene rings is 1. The molecule has 0 aliphatic carbocycles. The summed E-state index contributed by atoms with van der Waals surface area (Å²) in [6.45, 7) is -0.131. The van der Waals surface area contributed by atoms with Crippen molar-refractivity contribution in [3.63, 3.8) is 0 Å². The molecule has 0 saturated carbocycles. The van der Waals surface area contributed by atoms with Crippen molar-refractivity contribution in [1.82, 2.24) is 15.2 Å². The van der Waals surface area contributed by atoms with Crippen molar-refractivity contribution in [2.45, 2.75) is 30.8 Å². The maximum Gasteiger partial charge on any atom is 0.268 e. The van der Waals surface area contributed by atoms with Crippen LogP contribution in [0.1, 0.15) is 16.1 Å². The van der Waals surface area contributed by atoms with E-state index in [0.29, 0.717) is 5.69 Å². The highest BCUT2D eigenvalue weighted by molar-refractivity contribution is 9.10. The molecule has 10 heteroatoms. The summed E-state index contributed by atoms with van der Waals surface area (Å²) in [5, 5.41) is 35.0. The van der Waals surface area contributed by atoms with Crippen molar-refractivity contribution in [3.8, 4) is 0 Å². The molecule has 1 aromatic carbocycles. The van der Waals surface area contributed by atoms with Crippen molar-refractivity contribution < 1.29 is 24.9 Å². The number of β-amino-alcohol motifs (C(OH)–C–C–N with tert-alkyl or cyclic N) is 2. The van der Waals surface area contributed by atoms with Gasteiger partial charge in [-0.05, 0) is 34.0 Å². The lowest BCUT2D eigenvalue weighted by molar-refractivity contribution is -0.141. The number of nitrogens with one attached hydrogen (secondary N) is 2. The Morgan fingerprint density at radius 3 is 2.55 bits per heavy atom. The molecule has 2 aromatic heterocycles. The molecule has 31 heavy (non-hydrogen) atoms. The first-order valence-corrected chi connectivity index (χ1v) is 11.4. The Morgan fingerprint density at radius 2 is 1.90 bits per heavy atom. The van der Waals surface area contributed by atoms with Crippen LogP contribution in [0.4, 0.5) is 0 Å². The number of hydrogen-bond donors (Lipinski definition) is 5. The zero-order chi connectivity index (χ0) is 22.1. The number of aromatic nitrogens is 1. The third kappa shape index (κ3) is 4.68. The Bertz CT molecular complexity index is 1080. The molecular formula is C21H22BrN3O5S. The van der Waals surface area contributed by atoms with Gasteiger partial charge in [-0.2, -0.15) is 0 Å². The van der Waals surface area contributed by atoms with E-state index in [2.05, 4.69) is 26.2 Å². The van der Waals surface area contributed by atoms with Crippen LogP contribution >= 0.6 is 27.3 Å². The SMILES string of the molecule is O=C(N[C@@H](Cc1ccccc1)[C@@H](O)C(=O)N1C[C@@H](O)[C@@H](O)C1)c1cc2scc(Br)c2[nH]1. The van der Waals surface area contributed by atoms with E-state index in [0.717, 1.165) is 20.3 Å². The Kier molecular flexibility index (Phi) is 6.44. The number of rotatable bonds is 6. The van der Waals surface area contributed by atoms with Crippen molar-refractivity contribution in [2.24, 2.45) is 0 Å². The fourth-order valence-electron chi connectivity index (χ4n) is 3.67. The number of nitrogens with zero attached hydrogens (tertiary/aromatic N) is 1. The molecule has 2 amide bonds. The predicted octanol–water partition coefficient (Wildman–Crippen LogP) is 1.26. The lowest BCUT2D eigenvalue weighted by Gasteiger charge is -2.27. The highest BCUT2D eigenvalue weighted by atomic mass is 79.9. The first-order valence-electron chi connectivity index (χ1n) is 9.77. The highest BCUT2D eigenvalue weighted by Gasteiger charge is 2.38. The number of aliphatic hydroxyl groups is 3. The summed E-state index contributed by atoms with van der Waals surface area (Å²) in [6.07, 6.45) is -3.41. The molecular weight excluding hydrogens is 486 g/mol. The van der Waals surface area contributed by atoms with E-state index in [9.17, 15) is 24.9 Å². The average Bonchev–Trinajstić information content (AvgIpc) is 3.43. The Hall–Kier alpha value is -2.24. The van der Waals surface area contributed by atoms with Crippen LogP contribution in [0.15, 0.2) is 46.3 Å². The molecule has 3 aromatic rings.